The summed E-state index contributed by atoms with van der Waals surface area (Å²) in [6, 6.07) is 6.32. The Bertz CT molecular complexity index is 578. The molecule has 7 heteroatoms. The molecule has 0 spiro atoms. The van der Waals surface area contributed by atoms with Gasteiger partial charge in [-0.15, -0.1) is 0 Å². The second-order valence-electron chi connectivity index (χ2n) is 6.72. The molecule has 1 heterocycles. The van der Waals surface area contributed by atoms with Gasteiger partial charge in [0.2, 0.25) is 0 Å². The van der Waals surface area contributed by atoms with Crippen LogP contribution in [0.3, 0.4) is 0 Å². The molecule has 1 aromatic carbocycles. The molecule has 1 fully saturated rings. The van der Waals surface area contributed by atoms with Crippen molar-refractivity contribution in [2.75, 3.05) is 45.9 Å². The summed E-state index contributed by atoms with van der Waals surface area (Å²) in [5, 5.41) is 13.5. The fourth-order valence-electron chi connectivity index (χ4n) is 3.37. The zero-order valence-corrected chi connectivity index (χ0v) is 16.7. The SMILES string of the molecule is CCNC(=NCC(O)COc1ccc(F)cc1)N1CCC(N(CC)CC)C1. The molecule has 0 amide bonds. The maximum Gasteiger partial charge on any atom is 0.194 e. The van der Waals surface area contributed by atoms with Gasteiger partial charge in [0.15, 0.2) is 5.96 Å². The maximum absolute atomic E-state index is 12.9. The molecule has 0 aromatic heterocycles. The Morgan fingerprint density at radius 1 is 1.33 bits per heavy atom. The first-order valence-corrected chi connectivity index (χ1v) is 9.91. The van der Waals surface area contributed by atoms with E-state index in [-0.39, 0.29) is 19.0 Å². The number of ether oxygens (including phenoxy) is 1. The fraction of sp³-hybridized carbons (Fsp3) is 0.650. The highest BCUT2D eigenvalue weighted by Gasteiger charge is 2.28. The van der Waals surface area contributed by atoms with Gasteiger partial charge in [-0.3, -0.25) is 9.89 Å². The molecule has 1 aliphatic heterocycles. The summed E-state index contributed by atoms with van der Waals surface area (Å²) in [5.74, 6) is 1.07. The van der Waals surface area contributed by atoms with Gasteiger partial charge in [0.05, 0.1) is 6.54 Å². The minimum absolute atomic E-state index is 0.122. The van der Waals surface area contributed by atoms with Gasteiger partial charge in [-0.05, 0) is 50.7 Å². The van der Waals surface area contributed by atoms with Crippen molar-refractivity contribution in [2.45, 2.75) is 39.3 Å². The van der Waals surface area contributed by atoms with Gasteiger partial charge < -0.3 is 20.1 Å². The van der Waals surface area contributed by atoms with E-state index in [2.05, 4.69) is 34.0 Å². The summed E-state index contributed by atoms with van der Waals surface area (Å²) in [4.78, 5) is 9.34. The van der Waals surface area contributed by atoms with Crippen LogP contribution in [0.4, 0.5) is 4.39 Å². The van der Waals surface area contributed by atoms with Gasteiger partial charge in [0, 0.05) is 25.7 Å². The van der Waals surface area contributed by atoms with E-state index in [0.29, 0.717) is 11.8 Å². The van der Waals surface area contributed by atoms with Gasteiger partial charge in [0.25, 0.3) is 0 Å². The van der Waals surface area contributed by atoms with E-state index in [1.54, 1.807) is 12.1 Å². The number of aliphatic hydroxyl groups is 1. The lowest BCUT2D eigenvalue weighted by Crippen LogP contribution is -2.43. The summed E-state index contributed by atoms with van der Waals surface area (Å²) in [6.07, 6.45) is 0.410. The van der Waals surface area contributed by atoms with Crippen LogP contribution in [0.2, 0.25) is 0 Å². The molecule has 2 N–H and O–H groups in total. The van der Waals surface area contributed by atoms with Crippen molar-refractivity contribution in [3.8, 4) is 5.75 Å². The van der Waals surface area contributed by atoms with E-state index in [4.69, 9.17) is 4.74 Å². The lowest BCUT2D eigenvalue weighted by molar-refractivity contribution is 0.114. The standard InChI is InChI=1S/C20H33FN4O2/c1-4-22-20(25-12-11-17(14-25)24(5-2)6-3)23-13-18(26)15-27-19-9-7-16(21)8-10-19/h7-10,17-18,26H,4-6,11-15H2,1-3H3,(H,22,23). The number of rotatable bonds is 9. The molecule has 1 saturated heterocycles. The van der Waals surface area contributed by atoms with Crippen molar-refractivity contribution in [2.24, 2.45) is 4.99 Å². The van der Waals surface area contributed by atoms with E-state index in [1.165, 1.54) is 12.1 Å². The van der Waals surface area contributed by atoms with Crippen LogP contribution >= 0.6 is 0 Å². The smallest absolute Gasteiger partial charge is 0.194 e. The largest absolute Gasteiger partial charge is 0.491 e. The molecule has 2 rings (SSSR count). The Labute approximate surface area is 162 Å². The molecule has 0 saturated carbocycles. The molecule has 1 aromatic rings. The third-order valence-electron chi connectivity index (χ3n) is 4.83. The van der Waals surface area contributed by atoms with Crippen molar-refractivity contribution in [3.63, 3.8) is 0 Å². The van der Waals surface area contributed by atoms with Crippen molar-refractivity contribution in [3.05, 3.63) is 30.1 Å². The first-order valence-electron chi connectivity index (χ1n) is 9.91. The Kier molecular flexibility index (Phi) is 8.81. The van der Waals surface area contributed by atoms with Crippen LogP contribution in [0.1, 0.15) is 27.2 Å². The molecule has 27 heavy (non-hydrogen) atoms. The monoisotopic (exact) mass is 380 g/mol. The lowest BCUT2D eigenvalue weighted by Gasteiger charge is -2.27. The number of likely N-dealkylation sites (tertiary alicyclic amines) is 1. The van der Waals surface area contributed by atoms with Gasteiger partial charge in [-0.1, -0.05) is 13.8 Å². The zero-order chi connectivity index (χ0) is 19.6. The van der Waals surface area contributed by atoms with Gasteiger partial charge in [-0.25, -0.2) is 4.39 Å². The average molecular weight is 381 g/mol. The summed E-state index contributed by atoms with van der Waals surface area (Å²) < 4.78 is 18.4. The number of nitrogens with one attached hydrogen (secondary N) is 1. The Morgan fingerprint density at radius 3 is 2.67 bits per heavy atom. The Morgan fingerprint density at radius 2 is 2.04 bits per heavy atom. The number of likely N-dealkylation sites (N-methyl/N-ethyl adjacent to an activating group) is 1. The second kappa shape index (κ2) is 11.1. The van der Waals surface area contributed by atoms with E-state index < -0.39 is 6.10 Å². The number of halogens is 1. The number of aliphatic hydroxyl groups excluding tert-OH is 1. The molecule has 6 nitrogen and oxygen atoms in total. The third-order valence-corrected chi connectivity index (χ3v) is 4.83. The summed E-state index contributed by atoms with van der Waals surface area (Å²) in [7, 11) is 0. The molecule has 2 atom stereocenters. The quantitative estimate of drug-likeness (QED) is 0.507. The highest BCUT2D eigenvalue weighted by molar-refractivity contribution is 5.80. The van der Waals surface area contributed by atoms with Crippen molar-refractivity contribution < 1.29 is 14.2 Å². The normalized spacial score (nSPS) is 18.8. The molecule has 0 bridgehead atoms. The second-order valence-corrected chi connectivity index (χ2v) is 6.72. The molecule has 152 valence electrons. The predicted molar refractivity (Wildman–Crippen MR) is 107 cm³/mol. The minimum atomic E-state index is -0.718. The first-order chi connectivity index (χ1) is 13.1. The van der Waals surface area contributed by atoms with Gasteiger partial charge in [0.1, 0.15) is 24.3 Å². The van der Waals surface area contributed by atoms with Crippen LogP contribution in [-0.4, -0.2) is 78.9 Å². The topological polar surface area (TPSA) is 60.3 Å². The van der Waals surface area contributed by atoms with Crippen molar-refractivity contribution >= 4 is 5.96 Å². The van der Waals surface area contributed by atoms with Crippen LogP contribution in [0, 0.1) is 5.82 Å². The number of aliphatic imine (C=N–C) groups is 1. The molecular weight excluding hydrogens is 347 g/mol. The molecule has 1 aliphatic rings. The first kappa shape index (κ1) is 21.4. The highest BCUT2D eigenvalue weighted by Crippen LogP contribution is 2.16. The molecular formula is C20H33FN4O2. The lowest BCUT2D eigenvalue weighted by atomic mass is 10.2. The van der Waals surface area contributed by atoms with Crippen molar-refractivity contribution in [1.29, 1.82) is 0 Å². The minimum Gasteiger partial charge on any atom is -0.491 e. The summed E-state index contributed by atoms with van der Waals surface area (Å²) >= 11 is 0. The molecule has 2 unspecified atom stereocenters. The third kappa shape index (κ3) is 6.66. The Hall–Kier alpha value is -1.86. The molecule has 0 aliphatic carbocycles. The summed E-state index contributed by atoms with van der Waals surface area (Å²) in [5.41, 5.74) is 0. The number of benzene rings is 1. The van der Waals surface area contributed by atoms with Crippen LogP contribution in [0.5, 0.6) is 5.75 Å². The van der Waals surface area contributed by atoms with Crippen molar-refractivity contribution in [1.82, 2.24) is 15.1 Å². The van der Waals surface area contributed by atoms with E-state index in [1.807, 2.05) is 6.92 Å². The van der Waals surface area contributed by atoms with E-state index in [0.717, 1.165) is 45.1 Å². The van der Waals surface area contributed by atoms with Crippen LogP contribution < -0.4 is 10.1 Å². The fourth-order valence-corrected chi connectivity index (χ4v) is 3.37. The number of guanidine groups is 1. The van der Waals surface area contributed by atoms with E-state index in [9.17, 15) is 9.50 Å². The predicted octanol–water partition coefficient (Wildman–Crippen LogP) is 1.95. The highest BCUT2D eigenvalue weighted by atomic mass is 19.1. The number of hydrogen-bond acceptors (Lipinski definition) is 4. The van der Waals surface area contributed by atoms with Gasteiger partial charge >= 0.3 is 0 Å². The number of nitrogens with zero attached hydrogens (tertiary/aromatic N) is 3. The van der Waals surface area contributed by atoms with Crippen LogP contribution in [0.25, 0.3) is 0 Å². The van der Waals surface area contributed by atoms with Crippen LogP contribution in [-0.2, 0) is 0 Å². The van der Waals surface area contributed by atoms with Gasteiger partial charge in [-0.2, -0.15) is 0 Å². The zero-order valence-electron chi connectivity index (χ0n) is 16.7. The Balaban J connectivity index is 1.86. The molecule has 0 radical (unpaired) electrons. The summed E-state index contributed by atoms with van der Waals surface area (Å²) in [6.45, 7) is 11.6. The van der Waals surface area contributed by atoms with Crippen LogP contribution in [0.15, 0.2) is 29.3 Å². The average Bonchev–Trinajstić information content (AvgIpc) is 3.15. The van der Waals surface area contributed by atoms with E-state index >= 15 is 0 Å². The maximum atomic E-state index is 12.9. The number of hydrogen-bond donors (Lipinski definition) is 2.